The molecule has 2 aromatic heterocycles. The molecule has 206 valence electrons. The molecule has 5 rings (SSSR count). The molecular weight excluding hydrogens is 575 g/mol. The Hall–Kier alpha value is -3.79. The fourth-order valence-corrected chi connectivity index (χ4v) is 5.93. The number of aromatic nitrogens is 1. The highest BCUT2D eigenvalue weighted by atomic mass is 35.5. The van der Waals surface area contributed by atoms with Crippen LogP contribution in [0.5, 0.6) is 11.5 Å². The van der Waals surface area contributed by atoms with Crippen LogP contribution in [0.2, 0.25) is 10.0 Å². The molecule has 0 amide bonds. The van der Waals surface area contributed by atoms with Crippen molar-refractivity contribution in [1.29, 1.82) is 0 Å². The van der Waals surface area contributed by atoms with Gasteiger partial charge in [-0.3, -0.25) is 9.36 Å². The highest BCUT2D eigenvalue weighted by molar-refractivity contribution is 7.07. The molecule has 1 aliphatic heterocycles. The lowest BCUT2D eigenvalue weighted by Gasteiger charge is -2.25. The molecule has 8 nitrogen and oxygen atoms in total. The summed E-state index contributed by atoms with van der Waals surface area (Å²) < 4.78 is 24.1. The number of carbonyl (C=O) groups is 1. The van der Waals surface area contributed by atoms with Crippen molar-refractivity contribution in [3.8, 4) is 22.8 Å². The molecule has 0 fully saturated rings. The van der Waals surface area contributed by atoms with Gasteiger partial charge >= 0.3 is 5.97 Å². The molecule has 0 unspecified atom stereocenters. The summed E-state index contributed by atoms with van der Waals surface area (Å²) >= 11 is 13.7. The first-order chi connectivity index (χ1) is 19.2. The summed E-state index contributed by atoms with van der Waals surface area (Å²) in [4.78, 5) is 32.0. The zero-order valence-electron chi connectivity index (χ0n) is 22.0. The van der Waals surface area contributed by atoms with Crippen LogP contribution < -0.4 is 24.4 Å². The number of esters is 1. The van der Waals surface area contributed by atoms with Gasteiger partial charge < -0.3 is 18.6 Å². The van der Waals surface area contributed by atoms with Crippen molar-refractivity contribution in [1.82, 2.24) is 4.57 Å². The topological polar surface area (TPSA) is 92.3 Å². The van der Waals surface area contributed by atoms with Gasteiger partial charge in [-0.2, -0.15) is 0 Å². The van der Waals surface area contributed by atoms with Gasteiger partial charge in [0.15, 0.2) is 16.3 Å². The Morgan fingerprint density at radius 2 is 1.88 bits per heavy atom. The van der Waals surface area contributed by atoms with Crippen molar-refractivity contribution in [2.75, 3.05) is 20.8 Å². The minimum Gasteiger partial charge on any atom is -0.493 e. The van der Waals surface area contributed by atoms with E-state index in [0.29, 0.717) is 59.2 Å². The maximum Gasteiger partial charge on any atom is 0.338 e. The Labute approximate surface area is 243 Å². The normalized spacial score (nSPS) is 15.1. The van der Waals surface area contributed by atoms with E-state index in [-0.39, 0.29) is 17.7 Å². The van der Waals surface area contributed by atoms with Gasteiger partial charge in [0.25, 0.3) is 5.56 Å². The molecule has 0 radical (unpaired) electrons. The molecule has 0 N–H and O–H groups in total. The minimum absolute atomic E-state index is 0.177. The summed E-state index contributed by atoms with van der Waals surface area (Å²) in [6.45, 7) is 3.63. The van der Waals surface area contributed by atoms with Crippen molar-refractivity contribution in [2.45, 2.75) is 19.9 Å². The summed E-state index contributed by atoms with van der Waals surface area (Å²) in [5, 5.41) is 1.01. The fraction of sp³-hybridized carbons (Fsp3) is 0.207. The molecule has 0 saturated carbocycles. The molecule has 3 heterocycles. The molecule has 2 aromatic carbocycles. The highest BCUT2D eigenvalue weighted by Crippen LogP contribution is 2.36. The summed E-state index contributed by atoms with van der Waals surface area (Å²) in [7, 11) is 3.06. The van der Waals surface area contributed by atoms with Gasteiger partial charge in [0, 0.05) is 16.7 Å². The van der Waals surface area contributed by atoms with E-state index >= 15 is 0 Å². The number of hydrogen-bond acceptors (Lipinski definition) is 8. The molecule has 0 spiro atoms. The van der Waals surface area contributed by atoms with Crippen LogP contribution in [0, 0.1) is 0 Å². The maximum atomic E-state index is 13.9. The first-order valence-electron chi connectivity index (χ1n) is 12.2. The number of halogens is 2. The largest absolute Gasteiger partial charge is 0.493 e. The summed E-state index contributed by atoms with van der Waals surface area (Å²) in [5.41, 5.74) is 1.67. The molecule has 0 saturated heterocycles. The lowest BCUT2D eigenvalue weighted by Crippen LogP contribution is -2.39. The van der Waals surface area contributed by atoms with E-state index in [1.54, 1.807) is 68.5 Å². The van der Waals surface area contributed by atoms with E-state index in [4.69, 9.17) is 41.8 Å². The van der Waals surface area contributed by atoms with Crippen molar-refractivity contribution in [3.05, 3.63) is 101 Å². The minimum atomic E-state index is -0.797. The van der Waals surface area contributed by atoms with Crippen molar-refractivity contribution in [3.63, 3.8) is 0 Å². The van der Waals surface area contributed by atoms with Gasteiger partial charge in [0.2, 0.25) is 0 Å². The molecule has 0 aliphatic carbocycles. The predicted molar refractivity (Wildman–Crippen MR) is 154 cm³/mol. The first-order valence-corrected chi connectivity index (χ1v) is 13.8. The number of fused-ring (bicyclic) bond motifs is 1. The lowest BCUT2D eigenvalue weighted by atomic mass is 9.95. The SMILES string of the molecule is CCOC(=O)C1=C(C)N=c2s/c(=C/c3ccc(-c4cc(Cl)ccc4Cl)o3)c(=O)n2[C@H]1c1ccc(OC)c(OC)c1. The Morgan fingerprint density at radius 1 is 1.10 bits per heavy atom. The molecular formula is C29H24Cl2N2O6S. The van der Waals surface area contributed by atoms with E-state index in [9.17, 15) is 9.59 Å². The predicted octanol–water partition coefficient (Wildman–Crippen LogP) is 5.38. The fourth-order valence-electron chi connectivity index (χ4n) is 4.52. The third-order valence-corrected chi connectivity index (χ3v) is 7.88. The number of nitrogens with zero attached hydrogens (tertiary/aromatic N) is 2. The molecule has 1 aliphatic rings. The van der Waals surface area contributed by atoms with E-state index in [0.717, 1.165) is 0 Å². The maximum absolute atomic E-state index is 13.9. The second-order valence-electron chi connectivity index (χ2n) is 8.74. The molecule has 40 heavy (non-hydrogen) atoms. The van der Waals surface area contributed by atoms with Gasteiger partial charge in [-0.05, 0) is 61.9 Å². The Bertz CT molecular complexity index is 1840. The third kappa shape index (κ3) is 5.08. The van der Waals surface area contributed by atoms with Crippen LogP contribution in [0.3, 0.4) is 0 Å². The number of carbonyl (C=O) groups excluding carboxylic acids is 1. The van der Waals surface area contributed by atoms with E-state index < -0.39 is 12.0 Å². The Balaban J connectivity index is 1.66. The van der Waals surface area contributed by atoms with Gasteiger partial charge in [-0.15, -0.1) is 0 Å². The number of methoxy groups -OCH3 is 2. The van der Waals surface area contributed by atoms with E-state index in [1.165, 1.54) is 30.1 Å². The van der Waals surface area contributed by atoms with Crippen molar-refractivity contribution < 1.29 is 23.4 Å². The summed E-state index contributed by atoms with van der Waals surface area (Å²) in [6, 6.07) is 13.1. The average molecular weight is 599 g/mol. The average Bonchev–Trinajstić information content (AvgIpc) is 3.53. The number of rotatable bonds is 7. The van der Waals surface area contributed by atoms with E-state index in [1.807, 2.05) is 0 Å². The number of ether oxygens (including phenoxy) is 3. The Kier molecular flexibility index (Phi) is 7.89. The van der Waals surface area contributed by atoms with Gasteiger partial charge in [0.1, 0.15) is 11.5 Å². The number of benzene rings is 2. The quantitative estimate of drug-likeness (QED) is 0.265. The molecule has 11 heteroatoms. The number of hydrogen-bond donors (Lipinski definition) is 0. The van der Waals surface area contributed by atoms with Crippen LogP contribution in [-0.4, -0.2) is 31.4 Å². The first kappa shape index (κ1) is 27.8. The van der Waals surface area contributed by atoms with Gasteiger partial charge in [-0.1, -0.05) is 40.6 Å². The number of furan rings is 1. The van der Waals surface area contributed by atoms with Crippen LogP contribution in [0.1, 0.15) is 31.2 Å². The Morgan fingerprint density at radius 3 is 2.60 bits per heavy atom. The number of allylic oxidation sites excluding steroid dienone is 1. The van der Waals surface area contributed by atoms with Crippen LogP contribution >= 0.6 is 34.5 Å². The van der Waals surface area contributed by atoms with Gasteiger partial charge in [0.05, 0.1) is 47.7 Å². The van der Waals surface area contributed by atoms with Gasteiger partial charge in [-0.25, -0.2) is 9.79 Å². The molecule has 4 aromatic rings. The van der Waals surface area contributed by atoms with E-state index in [2.05, 4.69) is 4.99 Å². The second kappa shape index (κ2) is 11.4. The highest BCUT2D eigenvalue weighted by Gasteiger charge is 2.34. The van der Waals surface area contributed by atoms with Crippen LogP contribution in [0.25, 0.3) is 17.4 Å². The van der Waals surface area contributed by atoms with Crippen LogP contribution in [0.4, 0.5) is 0 Å². The number of thiazole rings is 1. The van der Waals surface area contributed by atoms with Crippen LogP contribution in [-0.2, 0) is 9.53 Å². The smallest absolute Gasteiger partial charge is 0.338 e. The summed E-state index contributed by atoms with van der Waals surface area (Å²) in [6.07, 6.45) is 1.64. The van der Waals surface area contributed by atoms with Crippen molar-refractivity contribution >= 4 is 46.6 Å². The lowest BCUT2D eigenvalue weighted by molar-refractivity contribution is -0.139. The van der Waals surface area contributed by atoms with Crippen LogP contribution in [0.15, 0.2) is 74.0 Å². The monoisotopic (exact) mass is 598 g/mol. The zero-order valence-corrected chi connectivity index (χ0v) is 24.3. The molecule has 1 atom stereocenters. The third-order valence-electron chi connectivity index (χ3n) is 6.33. The van der Waals surface area contributed by atoms with Crippen molar-refractivity contribution in [2.24, 2.45) is 4.99 Å². The molecule has 0 bridgehead atoms. The standard InChI is InChI=1S/C29H24Cl2N2O6S/c1-5-38-28(35)25-15(2)32-29-33(26(25)16-6-10-22(36-3)23(12-16)37-4)27(34)24(40-29)14-18-8-11-21(39-18)19-13-17(30)7-9-20(19)31/h6-14,26H,5H2,1-4H3/b24-14+/t26-/m0/s1. The zero-order chi connectivity index (χ0) is 28.6. The summed E-state index contributed by atoms with van der Waals surface area (Å²) in [5.74, 6) is 1.38. The second-order valence-corrected chi connectivity index (χ2v) is 10.6.